The number of Topliss-reactive ketones (excluding diaryl/α,β-unsaturated/α-hetero) is 1. The van der Waals surface area contributed by atoms with Crippen molar-refractivity contribution in [2.75, 3.05) is 6.54 Å². The van der Waals surface area contributed by atoms with Crippen molar-refractivity contribution in [1.82, 2.24) is 10.3 Å². The van der Waals surface area contributed by atoms with Crippen molar-refractivity contribution in [2.24, 2.45) is 5.41 Å². The summed E-state index contributed by atoms with van der Waals surface area (Å²) in [5.41, 5.74) is 1.53. The lowest BCUT2D eigenvalue weighted by Crippen LogP contribution is -2.35. The maximum absolute atomic E-state index is 11.5. The molecule has 82 valence electrons. The molecule has 1 N–H and O–H groups in total. The van der Waals surface area contributed by atoms with Gasteiger partial charge in [-0.1, -0.05) is 20.8 Å². The summed E-state index contributed by atoms with van der Waals surface area (Å²) < 4.78 is 0. The number of ketones is 1. The quantitative estimate of drug-likeness (QED) is 0.849. The summed E-state index contributed by atoms with van der Waals surface area (Å²) in [6, 6.07) is 0. The van der Waals surface area contributed by atoms with E-state index in [-0.39, 0.29) is 18.2 Å². The molecule has 0 unspecified atom stereocenters. The fourth-order valence-corrected chi connectivity index (χ4v) is 1.37. The van der Waals surface area contributed by atoms with E-state index in [9.17, 15) is 9.59 Å². The number of nitrogens with zero attached hydrogens (tertiary/aromatic N) is 1. The maximum Gasteiger partial charge on any atom is 0.271 e. The first kappa shape index (κ1) is 11.8. The third kappa shape index (κ3) is 3.43. The Morgan fingerprint density at radius 3 is 2.60 bits per heavy atom. The van der Waals surface area contributed by atoms with Crippen LogP contribution in [0.25, 0.3) is 0 Å². The van der Waals surface area contributed by atoms with Crippen LogP contribution in [0.1, 0.15) is 31.3 Å². The normalized spacial score (nSPS) is 11.1. The number of hydrogen-bond acceptors (Lipinski definition) is 4. The van der Waals surface area contributed by atoms with Crippen LogP contribution < -0.4 is 5.32 Å². The Labute approximate surface area is 92.7 Å². The summed E-state index contributed by atoms with van der Waals surface area (Å²) in [5.74, 6) is -0.292. The van der Waals surface area contributed by atoms with Crippen molar-refractivity contribution < 1.29 is 9.59 Å². The predicted octanol–water partition coefficient (Wildman–Crippen LogP) is 1.49. The second-order valence-electron chi connectivity index (χ2n) is 4.23. The predicted molar refractivity (Wildman–Crippen MR) is 58.9 cm³/mol. The van der Waals surface area contributed by atoms with E-state index in [0.29, 0.717) is 5.69 Å². The minimum absolute atomic E-state index is 0.00563. The van der Waals surface area contributed by atoms with E-state index in [1.54, 1.807) is 10.9 Å². The summed E-state index contributed by atoms with van der Waals surface area (Å²) in [5, 5.41) is 4.20. The smallest absolute Gasteiger partial charge is 0.271 e. The van der Waals surface area contributed by atoms with Gasteiger partial charge < -0.3 is 5.32 Å². The lowest BCUT2D eigenvalue weighted by Gasteiger charge is -2.16. The molecular formula is C10H14N2O2S. The number of amides is 1. The van der Waals surface area contributed by atoms with Gasteiger partial charge in [0.15, 0.2) is 5.78 Å². The molecule has 1 aromatic rings. The Hall–Kier alpha value is -1.23. The molecule has 0 saturated heterocycles. The van der Waals surface area contributed by atoms with Gasteiger partial charge in [-0.2, -0.15) is 0 Å². The van der Waals surface area contributed by atoms with Crippen molar-refractivity contribution in [2.45, 2.75) is 20.8 Å². The van der Waals surface area contributed by atoms with Gasteiger partial charge in [-0.15, -0.1) is 11.3 Å². The monoisotopic (exact) mass is 226 g/mol. The standard InChI is InChI=1S/C10H14N2O2S/c1-10(2,3)8(13)4-11-9(14)7-5-15-6-12-7/h5-6H,4H2,1-3H3,(H,11,14). The van der Waals surface area contributed by atoms with E-state index in [2.05, 4.69) is 10.3 Å². The third-order valence-electron chi connectivity index (χ3n) is 1.91. The molecule has 1 aromatic heterocycles. The van der Waals surface area contributed by atoms with Gasteiger partial charge in [0.05, 0.1) is 12.1 Å². The third-order valence-corrected chi connectivity index (χ3v) is 2.50. The molecule has 0 atom stereocenters. The Balaban J connectivity index is 2.45. The molecule has 0 aliphatic rings. The number of nitrogens with one attached hydrogen (secondary N) is 1. The zero-order valence-corrected chi connectivity index (χ0v) is 9.85. The van der Waals surface area contributed by atoms with Gasteiger partial charge in [0.25, 0.3) is 5.91 Å². The van der Waals surface area contributed by atoms with Crippen molar-refractivity contribution in [3.63, 3.8) is 0 Å². The molecule has 0 spiro atoms. The molecule has 1 heterocycles. The van der Waals surface area contributed by atoms with Gasteiger partial charge in [-0.05, 0) is 0 Å². The zero-order chi connectivity index (χ0) is 11.5. The second-order valence-corrected chi connectivity index (χ2v) is 4.95. The molecule has 0 aliphatic heterocycles. The summed E-state index contributed by atoms with van der Waals surface area (Å²) in [6.07, 6.45) is 0. The van der Waals surface area contributed by atoms with Crippen molar-refractivity contribution in [3.05, 3.63) is 16.6 Å². The summed E-state index contributed by atoms with van der Waals surface area (Å²) >= 11 is 1.35. The average molecular weight is 226 g/mol. The number of thiazole rings is 1. The van der Waals surface area contributed by atoms with Crippen LogP contribution in [0.2, 0.25) is 0 Å². The first-order valence-electron chi connectivity index (χ1n) is 4.61. The van der Waals surface area contributed by atoms with Crippen LogP contribution in [-0.2, 0) is 4.79 Å². The van der Waals surface area contributed by atoms with E-state index in [1.807, 2.05) is 20.8 Å². The SMILES string of the molecule is CC(C)(C)C(=O)CNC(=O)c1cscn1. The molecule has 0 radical (unpaired) electrons. The highest BCUT2D eigenvalue weighted by atomic mass is 32.1. The number of carbonyl (C=O) groups is 2. The van der Waals surface area contributed by atoms with Gasteiger partial charge in [0.1, 0.15) is 5.69 Å². The number of carbonyl (C=O) groups excluding carboxylic acids is 2. The zero-order valence-electron chi connectivity index (χ0n) is 9.03. The van der Waals surface area contributed by atoms with E-state index < -0.39 is 5.41 Å². The maximum atomic E-state index is 11.5. The molecular weight excluding hydrogens is 212 g/mol. The van der Waals surface area contributed by atoms with Gasteiger partial charge in [0.2, 0.25) is 0 Å². The minimum Gasteiger partial charge on any atom is -0.344 e. The van der Waals surface area contributed by atoms with Crippen LogP contribution in [0.4, 0.5) is 0 Å². The lowest BCUT2D eigenvalue weighted by molar-refractivity contribution is -0.125. The Kier molecular flexibility index (Phi) is 3.57. The average Bonchev–Trinajstić information content (AvgIpc) is 2.64. The van der Waals surface area contributed by atoms with Crippen LogP contribution in [0, 0.1) is 5.41 Å². The molecule has 4 nitrogen and oxygen atoms in total. The van der Waals surface area contributed by atoms with E-state index in [1.165, 1.54) is 11.3 Å². The Bertz CT molecular complexity index is 352. The van der Waals surface area contributed by atoms with Crippen LogP contribution in [-0.4, -0.2) is 23.2 Å². The van der Waals surface area contributed by atoms with Crippen LogP contribution in [0.5, 0.6) is 0 Å². The summed E-state index contributed by atoms with van der Waals surface area (Å²) in [4.78, 5) is 26.8. The molecule has 1 rings (SSSR count). The molecule has 0 saturated carbocycles. The molecule has 0 bridgehead atoms. The molecule has 0 fully saturated rings. The molecule has 0 aliphatic carbocycles. The summed E-state index contributed by atoms with van der Waals surface area (Å²) in [7, 11) is 0. The van der Waals surface area contributed by atoms with Crippen molar-refractivity contribution >= 4 is 23.0 Å². The van der Waals surface area contributed by atoms with E-state index >= 15 is 0 Å². The first-order valence-corrected chi connectivity index (χ1v) is 5.55. The highest BCUT2D eigenvalue weighted by Crippen LogP contribution is 2.13. The van der Waals surface area contributed by atoms with Gasteiger partial charge in [-0.25, -0.2) is 4.98 Å². The van der Waals surface area contributed by atoms with Crippen molar-refractivity contribution in [3.8, 4) is 0 Å². The largest absolute Gasteiger partial charge is 0.344 e. The van der Waals surface area contributed by atoms with Crippen molar-refractivity contribution in [1.29, 1.82) is 0 Å². The van der Waals surface area contributed by atoms with Crippen LogP contribution in [0.3, 0.4) is 0 Å². The van der Waals surface area contributed by atoms with Crippen LogP contribution >= 0.6 is 11.3 Å². The summed E-state index contributed by atoms with van der Waals surface area (Å²) in [6.45, 7) is 5.53. The highest BCUT2D eigenvalue weighted by Gasteiger charge is 2.21. The molecule has 15 heavy (non-hydrogen) atoms. The number of hydrogen-bond donors (Lipinski definition) is 1. The number of rotatable bonds is 3. The second kappa shape index (κ2) is 4.53. The fourth-order valence-electron chi connectivity index (χ4n) is 0.841. The molecule has 5 heteroatoms. The highest BCUT2D eigenvalue weighted by molar-refractivity contribution is 7.07. The first-order chi connectivity index (χ1) is 6.91. The Morgan fingerprint density at radius 1 is 1.47 bits per heavy atom. The van der Waals surface area contributed by atoms with Crippen LogP contribution in [0.15, 0.2) is 10.9 Å². The van der Waals surface area contributed by atoms with Gasteiger partial charge in [-0.3, -0.25) is 9.59 Å². The van der Waals surface area contributed by atoms with Gasteiger partial charge in [0, 0.05) is 10.8 Å². The molecule has 0 aromatic carbocycles. The molecule has 1 amide bonds. The van der Waals surface area contributed by atoms with Gasteiger partial charge >= 0.3 is 0 Å². The topological polar surface area (TPSA) is 59.1 Å². The minimum atomic E-state index is -0.421. The van der Waals surface area contributed by atoms with E-state index in [0.717, 1.165) is 0 Å². The van der Waals surface area contributed by atoms with E-state index in [4.69, 9.17) is 0 Å². The number of aromatic nitrogens is 1. The lowest BCUT2D eigenvalue weighted by atomic mass is 9.91. The Morgan fingerprint density at radius 2 is 2.13 bits per heavy atom. The fraction of sp³-hybridized carbons (Fsp3) is 0.500.